The van der Waals surface area contributed by atoms with E-state index in [9.17, 15) is 4.79 Å². The quantitative estimate of drug-likeness (QED) is 0.804. The van der Waals surface area contributed by atoms with Gasteiger partial charge in [0.2, 0.25) is 0 Å². The van der Waals surface area contributed by atoms with Gasteiger partial charge in [-0.05, 0) is 18.8 Å². The molecule has 1 amide bonds. The molecule has 4 nitrogen and oxygen atoms in total. The smallest absolute Gasteiger partial charge is 0.263 e. The van der Waals surface area contributed by atoms with Crippen molar-refractivity contribution in [3.63, 3.8) is 0 Å². The molecule has 2 atom stereocenters. The predicted octanol–water partition coefficient (Wildman–Crippen LogP) is 1.64. The first-order chi connectivity index (χ1) is 7.16. The third kappa shape index (κ3) is 2.28. The van der Waals surface area contributed by atoms with Gasteiger partial charge in [0.1, 0.15) is 4.88 Å². The minimum atomic E-state index is -0.0389. The van der Waals surface area contributed by atoms with Crippen molar-refractivity contribution >= 4 is 22.4 Å². The summed E-state index contributed by atoms with van der Waals surface area (Å²) in [5.74, 6) is 0.544. The largest absolute Gasteiger partial charge is 0.375 e. The van der Waals surface area contributed by atoms with Crippen LogP contribution in [0.5, 0.6) is 0 Å². The van der Waals surface area contributed by atoms with Gasteiger partial charge in [0.25, 0.3) is 5.91 Å². The molecule has 1 heterocycles. The number of thiazole rings is 1. The maximum atomic E-state index is 11.8. The number of hydrogen-bond donors (Lipinski definition) is 2. The van der Waals surface area contributed by atoms with Crippen LogP contribution in [0.2, 0.25) is 0 Å². The number of nitrogens with zero attached hydrogens (tertiary/aromatic N) is 1. The van der Waals surface area contributed by atoms with Crippen molar-refractivity contribution in [3.8, 4) is 0 Å². The lowest BCUT2D eigenvalue weighted by molar-refractivity contribution is 0.0933. The van der Waals surface area contributed by atoms with E-state index in [1.807, 2.05) is 0 Å². The molecule has 1 aromatic heterocycles. The van der Waals surface area contributed by atoms with Gasteiger partial charge in [-0.15, -0.1) is 0 Å². The summed E-state index contributed by atoms with van der Waals surface area (Å²) in [6.45, 7) is 2.18. The number of anilines is 1. The molecule has 3 N–H and O–H groups in total. The monoisotopic (exact) mass is 225 g/mol. The topological polar surface area (TPSA) is 68.0 Å². The molecule has 1 aliphatic carbocycles. The van der Waals surface area contributed by atoms with E-state index in [2.05, 4.69) is 17.2 Å². The maximum absolute atomic E-state index is 11.8. The zero-order valence-corrected chi connectivity index (χ0v) is 9.51. The average molecular weight is 225 g/mol. The third-order valence-electron chi connectivity index (χ3n) is 2.93. The number of carbonyl (C=O) groups excluding carboxylic acids is 1. The predicted molar refractivity (Wildman–Crippen MR) is 60.8 cm³/mol. The van der Waals surface area contributed by atoms with Crippen LogP contribution in [0.3, 0.4) is 0 Å². The molecular weight excluding hydrogens is 210 g/mol. The second-order valence-corrected chi connectivity index (χ2v) is 5.11. The van der Waals surface area contributed by atoms with Crippen molar-refractivity contribution in [2.24, 2.45) is 5.92 Å². The van der Waals surface area contributed by atoms with Crippen LogP contribution in [0.25, 0.3) is 0 Å². The molecule has 0 aromatic carbocycles. The van der Waals surface area contributed by atoms with E-state index in [1.165, 1.54) is 30.4 Å². The molecule has 15 heavy (non-hydrogen) atoms. The third-order valence-corrected chi connectivity index (χ3v) is 3.75. The summed E-state index contributed by atoms with van der Waals surface area (Å²) in [7, 11) is 0. The van der Waals surface area contributed by atoms with E-state index in [0.717, 1.165) is 6.42 Å². The lowest BCUT2D eigenvalue weighted by Crippen LogP contribution is -2.35. The van der Waals surface area contributed by atoms with Gasteiger partial charge in [0.15, 0.2) is 5.13 Å². The second kappa shape index (κ2) is 4.18. The molecular formula is C10H15N3OS. The van der Waals surface area contributed by atoms with Crippen LogP contribution < -0.4 is 11.1 Å². The molecule has 1 fully saturated rings. The van der Waals surface area contributed by atoms with Gasteiger partial charge in [-0.1, -0.05) is 24.7 Å². The van der Waals surface area contributed by atoms with Crippen LogP contribution >= 0.6 is 11.3 Å². The molecule has 0 bridgehead atoms. The molecule has 0 aliphatic heterocycles. The van der Waals surface area contributed by atoms with Crippen LogP contribution in [0.4, 0.5) is 5.13 Å². The number of nitrogens with two attached hydrogens (primary N) is 1. The van der Waals surface area contributed by atoms with Gasteiger partial charge < -0.3 is 11.1 Å². The van der Waals surface area contributed by atoms with E-state index < -0.39 is 0 Å². The first kappa shape index (κ1) is 10.4. The molecule has 2 rings (SSSR count). The number of nitrogen functional groups attached to an aromatic ring is 1. The molecule has 1 saturated carbocycles. The number of hydrogen-bond acceptors (Lipinski definition) is 4. The summed E-state index contributed by atoms with van der Waals surface area (Å²) in [6.07, 6.45) is 5.03. The fraction of sp³-hybridized carbons (Fsp3) is 0.600. The highest BCUT2D eigenvalue weighted by molar-refractivity contribution is 7.17. The van der Waals surface area contributed by atoms with Gasteiger partial charge in [0, 0.05) is 6.04 Å². The summed E-state index contributed by atoms with van der Waals surface area (Å²) in [5.41, 5.74) is 5.48. The van der Waals surface area contributed by atoms with E-state index in [4.69, 9.17) is 5.73 Å². The zero-order chi connectivity index (χ0) is 10.8. The van der Waals surface area contributed by atoms with Crippen LogP contribution in [-0.2, 0) is 0 Å². The number of carbonyl (C=O) groups is 1. The van der Waals surface area contributed by atoms with E-state index in [-0.39, 0.29) is 5.91 Å². The lowest BCUT2D eigenvalue weighted by atomic mass is 10.1. The Morgan fingerprint density at radius 3 is 3.00 bits per heavy atom. The Balaban J connectivity index is 1.97. The molecule has 0 saturated heterocycles. The van der Waals surface area contributed by atoms with Crippen molar-refractivity contribution in [3.05, 3.63) is 11.1 Å². The van der Waals surface area contributed by atoms with Gasteiger partial charge >= 0.3 is 0 Å². The first-order valence-electron chi connectivity index (χ1n) is 5.19. The Kier molecular flexibility index (Phi) is 2.90. The minimum absolute atomic E-state index is 0.0389. The van der Waals surface area contributed by atoms with Gasteiger partial charge in [-0.2, -0.15) is 0 Å². The Morgan fingerprint density at radius 2 is 2.47 bits per heavy atom. The summed E-state index contributed by atoms with van der Waals surface area (Å²) in [5, 5.41) is 3.48. The van der Waals surface area contributed by atoms with Crippen molar-refractivity contribution in [2.45, 2.75) is 32.2 Å². The lowest BCUT2D eigenvalue weighted by Gasteiger charge is -2.16. The van der Waals surface area contributed by atoms with Crippen LogP contribution in [0.1, 0.15) is 35.9 Å². The number of nitrogens with one attached hydrogen (secondary N) is 1. The molecule has 2 unspecified atom stereocenters. The van der Waals surface area contributed by atoms with Crippen LogP contribution in [0.15, 0.2) is 6.20 Å². The van der Waals surface area contributed by atoms with Crippen molar-refractivity contribution in [1.29, 1.82) is 0 Å². The van der Waals surface area contributed by atoms with Gasteiger partial charge in [-0.3, -0.25) is 4.79 Å². The summed E-state index contributed by atoms with van der Waals surface area (Å²) in [4.78, 5) is 16.2. The number of amides is 1. The zero-order valence-electron chi connectivity index (χ0n) is 8.69. The molecule has 1 aliphatic rings. The number of rotatable bonds is 2. The van der Waals surface area contributed by atoms with Gasteiger partial charge in [0.05, 0.1) is 6.20 Å². The highest BCUT2D eigenvalue weighted by Crippen LogP contribution is 2.25. The van der Waals surface area contributed by atoms with E-state index in [1.54, 1.807) is 0 Å². The fourth-order valence-corrected chi connectivity index (χ4v) is 2.58. The Hall–Kier alpha value is -1.10. The minimum Gasteiger partial charge on any atom is -0.375 e. The standard InChI is InChI=1S/C10H15N3OS/c1-6-3-2-4-7(6)13-9(14)8-5-12-10(11)15-8/h5-7H,2-4H2,1H3,(H2,11,12)(H,13,14). The van der Waals surface area contributed by atoms with Gasteiger partial charge in [-0.25, -0.2) is 4.98 Å². The molecule has 0 radical (unpaired) electrons. The molecule has 1 aromatic rings. The van der Waals surface area contributed by atoms with E-state index in [0.29, 0.717) is 22.0 Å². The first-order valence-corrected chi connectivity index (χ1v) is 6.00. The summed E-state index contributed by atoms with van der Waals surface area (Å²) < 4.78 is 0. The van der Waals surface area contributed by atoms with Crippen LogP contribution in [0, 0.1) is 5.92 Å². The van der Waals surface area contributed by atoms with Crippen LogP contribution in [-0.4, -0.2) is 16.9 Å². The molecule has 82 valence electrons. The van der Waals surface area contributed by atoms with Crippen molar-refractivity contribution in [2.75, 3.05) is 5.73 Å². The van der Waals surface area contributed by atoms with Crippen molar-refractivity contribution < 1.29 is 4.79 Å². The average Bonchev–Trinajstić information content (AvgIpc) is 2.77. The fourth-order valence-electron chi connectivity index (χ4n) is 1.99. The summed E-state index contributed by atoms with van der Waals surface area (Å²) in [6, 6.07) is 0.320. The second-order valence-electron chi connectivity index (χ2n) is 4.05. The summed E-state index contributed by atoms with van der Waals surface area (Å²) >= 11 is 1.24. The Labute approximate surface area is 92.9 Å². The SMILES string of the molecule is CC1CCCC1NC(=O)c1cnc(N)s1. The Morgan fingerprint density at radius 1 is 1.67 bits per heavy atom. The Bertz CT molecular complexity index is 363. The normalized spacial score (nSPS) is 25.4. The molecule has 5 heteroatoms. The van der Waals surface area contributed by atoms with Crippen molar-refractivity contribution in [1.82, 2.24) is 10.3 Å². The highest BCUT2D eigenvalue weighted by Gasteiger charge is 2.25. The van der Waals surface area contributed by atoms with E-state index >= 15 is 0 Å². The highest BCUT2D eigenvalue weighted by atomic mass is 32.1. The maximum Gasteiger partial charge on any atom is 0.263 e. The number of aromatic nitrogens is 1. The molecule has 0 spiro atoms.